The largest absolute Gasteiger partial charge is 0.326 e. The number of nitrogens with one attached hydrogen (secondary N) is 1. The minimum Gasteiger partial charge on any atom is -0.326 e. The van der Waals surface area contributed by atoms with E-state index >= 15 is 0 Å². The van der Waals surface area contributed by atoms with Gasteiger partial charge >= 0.3 is 0 Å². The molecule has 0 radical (unpaired) electrons. The highest BCUT2D eigenvalue weighted by atomic mass is 16.2. The highest BCUT2D eigenvalue weighted by Gasteiger charge is 2.30. The minimum absolute atomic E-state index is 0.230. The summed E-state index contributed by atoms with van der Waals surface area (Å²) in [5, 5.41) is 3.17. The molecule has 0 aromatic heterocycles. The number of carbonyl (C=O) groups is 1. The molecule has 4 nitrogen and oxygen atoms in total. The smallest absolute Gasteiger partial charge is 0.237 e. The van der Waals surface area contributed by atoms with Crippen molar-refractivity contribution in [2.24, 2.45) is 5.92 Å². The van der Waals surface area contributed by atoms with Gasteiger partial charge < -0.3 is 9.80 Å². The summed E-state index contributed by atoms with van der Waals surface area (Å²) in [7, 11) is 2.15. The molecular formula is C10H19N3O. The Hall–Kier alpha value is -0.610. The van der Waals surface area contributed by atoms with Crippen molar-refractivity contribution < 1.29 is 4.79 Å². The Kier molecular flexibility index (Phi) is 2.74. The zero-order valence-corrected chi connectivity index (χ0v) is 8.99. The van der Waals surface area contributed by atoms with Crippen LogP contribution < -0.4 is 5.32 Å². The third kappa shape index (κ3) is 1.91. The summed E-state index contributed by atoms with van der Waals surface area (Å²) < 4.78 is 0. The maximum atomic E-state index is 11.5. The van der Waals surface area contributed by atoms with Gasteiger partial charge in [0, 0.05) is 13.1 Å². The quantitative estimate of drug-likeness (QED) is 0.661. The van der Waals surface area contributed by atoms with Crippen LogP contribution in [0.4, 0.5) is 0 Å². The molecule has 14 heavy (non-hydrogen) atoms. The van der Waals surface area contributed by atoms with Crippen LogP contribution in [-0.2, 0) is 4.79 Å². The zero-order chi connectivity index (χ0) is 10.1. The van der Waals surface area contributed by atoms with Gasteiger partial charge in [-0.1, -0.05) is 0 Å². The van der Waals surface area contributed by atoms with Crippen LogP contribution in [0.2, 0.25) is 0 Å². The van der Waals surface area contributed by atoms with E-state index in [-0.39, 0.29) is 12.1 Å². The van der Waals surface area contributed by atoms with Gasteiger partial charge in [0.2, 0.25) is 5.91 Å². The lowest BCUT2D eigenvalue weighted by Gasteiger charge is -2.24. The van der Waals surface area contributed by atoms with Gasteiger partial charge in [0.25, 0.3) is 0 Å². The molecular weight excluding hydrogens is 178 g/mol. The maximum absolute atomic E-state index is 11.5. The molecule has 1 N–H and O–H groups in total. The molecule has 0 aromatic carbocycles. The van der Waals surface area contributed by atoms with Crippen LogP contribution in [0.15, 0.2) is 0 Å². The second-order valence-electron chi connectivity index (χ2n) is 4.52. The van der Waals surface area contributed by atoms with Crippen molar-refractivity contribution in [1.29, 1.82) is 0 Å². The maximum Gasteiger partial charge on any atom is 0.237 e. The lowest BCUT2D eigenvalue weighted by molar-refractivity contribution is -0.128. The van der Waals surface area contributed by atoms with Crippen LogP contribution in [0.1, 0.15) is 13.3 Å². The number of carbonyl (C=O) groups excluding carboxylic acids is 1. The van der Waals surface area contributed by atoms with Crippen molar-refractivity contribution in [3.05, 3.63) is 0 Å². The van der Waals surface area contributed by atoms with E-state index in [1.807, 2.05) is 4.90 Å². The Morgan fingerprint density at radius 2 is 2.36 bits per heavy atom. The van der Waals surface area contributed by atoms with Gasteiger partial charge in [-0.2, -0.15) is 0 Å². The second kappa shape index (κ2) is 3.87. The van der Waals surface area contributed by atoms with Crippen molar-refractivity contribution in [3.63, 3.8) is 0 Å². The molecule has 0 bridgehead atoms. The van der Waals surface area contributed by atoms with E-state index in [1.54, 1.807) is 0 Å². The molecule has 2 aliphatic heterocycles. The monoisotopic (exact) mass is 197 g/mol. The van der Waals surface area contributed by atoms with Gasteiger partial charge in [0.05, 0.1) is 12.7 Å². The molecule has 0 aliphatic carbocycles. The molecule has 2 aliphatic rings. The molecule has 0 saturated carbocycles. The normalized spacial score (nSPS) is 34.4. The average Bonchev–Trinajstić information content (AvgIpc) is 2.67. The average molecular weight is 197 g/mol. The summed E-state index contributed by atoms with van der Waals surface area (Å²) in [6.07, 6.45) is 1.46. The van der Waals surface area contributed by atoms with Crippen molar-refractivity contribution >= 4 is 5.91 Å². The van der Waals surface area contributed by atoms with Crippen molar-refractivity contribution in [2.75, 3.05) is 33.2 Å². The van der Waals surface area contributed by atoms with Gasteiger partial charge in [-0.15, -0.1) is 0 Å². The molecule has 2 heterocycles. The summed E-state index contributed by atoms with van der Waals surface area (Å²) in [5.41, 5.74) is 0. The Morgan fingerprint density at radius 1 is 1.57 bits per heavy atom. The first-order valence-corrected chi connectivity index (χ1v) is 5.38. The predicted octanol–water partition coefficient (Wildman–Crippen LogP) is -0.284. The third-order valence-corrected chi connectivity index (χ3v) is 3.28. The van der Waals surface area contributed by atoms with Gasteiger partial charge in [-0.3, -0.25) is 10.1 Å². The number of hydrogen-bond acceptors (Lipinski definition) is 3. The van der Waals surface area contributed by atoms with Gasteiger partial charge in [-0.25, -0.2) is 0 Å². The summed E-state index contributed by atoms with van der Waals surface area (Å²) in [5.74, 6) is 0.929. The van der Waals surface area contributed by atoms with E-state index < -0.39 is 0 Å². The number of nitrogens with zero attached hydrogens (tertiary/aromatic N) is 2. The predicted molar refractivity (Wildman–Crippen MR) is 54.8 cm³/mol. The van der Waals surface area contributed by atoms with E-state index in [9.17, 15) is 4.79 Å². The lowest BCUT2D eigenvalue weighted by Crippen LogP contribution is -2.38. The van der Waals surface area contributed by atoms with E-state index in [1.165, 1.54) is 13.0 Å². The van der Waals surface area contributed by atoms with E-state index in [0.717, 1.165) is 13.1 Å². The lowest BCUT2D eigenvalue weighted by atomic mass is 10.1. The number of rotatable bonds is 2. The van der Waals surface area contributed by atoms with Crippen LogP contribution in [-0.4, -0.2) is 55.1 Å². The summed E-state index contributed by atoms with van der Waals surface area (Å²) in [6, 6.07) is 0. The fourth-order valence-corrected chi connectivity index (χ4v) is 2.38. The summed E-state index contributed by atoms with van der Waals surface area (Å²) >= 11 is 0. The number of amides is 1. The molecule has 0 aromatic rings. The van der Waals surface area contributed by atoms with Crippen molar-refractivity contribution in [3.8, 4) is 0 Å². The standard InChI is InChI=1S/C10H19N3O/c1-8-11-5-10(14)13(8)7-9-3-4-12(2)6-9/h8-9,11H,3-7H2,1-2H3. The molecule has 80 valence electrons. The Morgan fingerprint density at radius 3 is 2.86 bits per heavy atom. The first-order chi connectivity index (χ1) is 6.66. The highest BCUT2D eigenvalue weighted by molar-refractivity contribution is 5.80. The summed E-state index contributed by atoms with van der Waals surface area (Å²) in [6.45, 7) is 5.82. The van der Waals surface area contributed by atoms with Crippen LogP contribution in [0.25, 0.3) is 0 Å². The topological polar surface area (TPSA) is 35.6 Å². The SMILES string of the molecule is CC1NCC(=O)N1CC1CCN(C)C1. The molecule has 2 atom stereocenters. The fourth-order valence-electron chi connectivity index (χ4n) is 2.38. The number of hydrogen-bond donors (Lipinski definition) is 1. The first kappa shape index (κ1) is 9.93. The second-order valence-corrected chi connectivity index (χ2v) is 4.52. The van der Waals surface area contributed by atoms with Crippen LogP contribution in [0.3, 0.4) is 0 Å². The van der Waals surface area contributed by atoms with Crippen LogP contribution in [0.5, 0.6) is 0 Å². The first-order valence-electron chi connectivity index (χ1n) is 5.38. The molecule has 1 amide bonds. The van der Waals surface area contributed by atoms with Gasteiger partial charge in [0.1, 0.15) is 0 Å². The molecule has 2 unspecified atom stereocenters. The summed E-state index contributed by atoms with van der Waals surface area (Å²) in [4.78, 5) is 15.8. The Bertz CT molecular complexity index is 231. The minimum atomic E-state index is 0.230. The molecule has 2 saturated heterocycles. The third-order valence-electron chi connectivity index (χ3n) is 3.28. The van der Waals surface area contributed by atoms with E-state index in [0.29, 0.717) is 12.5 Å². The molecule has 0 spiro atoms. The zero-order valence-electron chi connectivity index (χ0n) is 8.99. The fraction of sp³-hybridized carbons (Fsp3) is 0.900. The molecule has 4 heteroatoms. The van der Waals surface area contributed by atoms with Gasteiger partial charge in [-0.05, 0) is 32.9 Å². The van der Waals surface area contributed by atoms with E-state index in [2.05, 4.69) is 24.2 Å². The van der Waals surface area contributed by atoms with Crippen molar-refractivity contribution in [2.45, 2.75) is 19.5 Å². The Labute approximate surface area is 85.2 Å². The van der Waals surface area contributed by atoms with Crippen LogP contribution in [0, 0.1) is 5.92 Å². The highest BCUT2D eigenvalue weighted by Crippen LogP contribution is 2.17. The molecule has 2 rings (SSSR count). The number of likely N-dealkylation sites (tertiary alicyclic amines) is 1. The van der Waals surface area contributed by atoms with Gasteiger partial charge in [0.15, 0.2) is 0 Å². The van der Waals surface area contributed by atoms with Crippen LogP contribution >= 0.6 is 0 Å². The Balaban J connectivity index is 1.87. The molecule has 2 fully saturated rings. The van der Waals surface area contributed by atoms with Crippen molar-refractivity contribution in [1.82, 2.24) is 15.1 Å². The van der Waals surface area contributed by atoms with E-state index in [4.69, 9.17) is 0 Å².